The largest absolute Gasteiger partial charge is 0.497 e. The molecule has 0 fully saturated rings. The van der Waals surface area contributed by atoms with E-state index in [1.807, 2.05) is 20.8 Å². The van der Waals surface area contributed by atoms with Crippen LogP contribution < -0.4 is 21.3 Å². The zero-order valence-corrected chi connectivity index (χ0v) is 19.7. The van der Waals surface area contributed by atoms with Crippen molar-refractivity contribution in [1.29, 1.82) is 0 Å². The van der Waals surface area contributed by atoms with E-state index in [9.17, 15) is 14.4 Å². The van der Waals surface area contributed by atoms with Crippen molar-refractivity contribution in [2.45, 2.75) is 44.7 Å². The van der Waals surface area contributed by atoms with Gasteiger partial charge in [0, 0.05) is 31.3 Å². The lowest BCUT2D eigenvalue weighted by Crippen LogP contribution is -2.39. The summed E-state index contributed by atoms with van der Waals surface area (Å²) in [6, 6.07) is 7.06. The SMILES string of the molecule is CCCn1c(=O)n(C)c(=O)c2c(SCC(=O)Nc3cccc(OC)c3)nc(C(C)C)nc21. The van der Waals surface area contributed by atoms with Crippen LogP contribution >= 0.6 is 11.8 Å². The smallest absolute Gasteiger partial charge is 0.332 e. The number of hydrogen-bond donors (Lipinski definition) is 1. The van der Waals surface area contributed by atoms with Gasteiger partial charge in [0.25, 0.3) is 5.56 Å². The molecule has 0 aliphatic carbocycles. The summed E-state index contributed by atoms with van der Waals surface area (Å²) in [6.07, 6.45) is 0.708. The number of aryl methyl sites for hydroxylation is 1. The first-order chi connectivity index (χ1) is 15.3. The second-order valence-corrected chi connectivity index (χ2v) is 8.57. The molecule has 0 aliphatic heterocycles. The summed E-state index contributed by atoms with van der Waals surface area (Å²) in [5, 5.41) is 3.46. The third-order valence-electron chi connectivity index (χ3n) is 4.82. The number of carbonyl (C=O) groups is 1. The number of hydrogen-bond acceptors (Lipinski definition) is 7. The van der Waals surface area contributed by atoms with Gasteiger partial charge in [0.15, 0.2) is 5.65 Å². The Kier molecular flexibility index (Phi) is 7.34. The Bertz CT molecular complexity index is 1270. The van der Waals surface area contributed by atoms with E-state index in [1.54, 1.807) is 31.4 Å². The number of nitrogens with zero attached hydrogens (tertiary/aromatic N) is 4. The minimum absolute atomic E-state index is 0.0152. The molecule has 3 rings (SSSR count). The Morgan fingerprint density at radius 2 is 2.00 bits per heavy atom. The van der Waals surface area contributed by atoms with Crippen LogP contribution in [0.25, 0.3) is 11.0 Å². The number of ether oxygens (including phenoxy) is 1. The maximum Gasteiger partial charge on any atom is 0.332 e. The topological polar surface area (TPSA) is 108 Å². The Morgan fingerprint density at radius 3 is 2.66 bits per heavy atom. The van der Waals surface area contributed by atoms with Crippen LogP contribution in [0, 0.1) is 0 Å². The maximum absolute atomic E-state index is 13.0. The van der Waals surface area contributed by atoms with E-state index in [-0.39, 0.29) is 23.0 Å². The Labute approximate surface area is 189 Å². The van der Waals surface area contributed by atoms with E-state index in [0.29, 0.717) is 40.9 Å². The van der Waals surface area contributed by atoms with Crippen LogP contribution in [0.1, 0.15) is 38.9 Å². The number of fused-ring (bicyclic) bond motifs is 1. The summed E-state index contributed by atoms with van der Waals surface area (Å²) < 4.78 is 7.75. The van der Waals surface area contributed by atoms with Crippen LogP contribution in [-0.2, 0) is 18.4 Å². The third kappa shape index (κ3) is 4.85. The molecule has 0 saturated carbocycles. The monoisotopic (exact) mass is 457 g/mol. The van der Waals surface area contributed by atoms with Crippen molar-refractivity contribution in [3.63, 3.8) is 0 Å². The quantitative estimate of drug-likeness (QED) is 0.409. The Morgan fingerprint density at radius 1 is 1.25 bits per heavy atom. The van der Waals surface area contributed by atoms with Crippen LogP contribution in [-0.4, -0.2) is 37.9 Å². The Hall–Kier alpha value is -3.14. The molecule has 32 heavy (non-hydrogen) atoms. The van der Waals surface area contributed by atoms with Gasteiger partial charge in [0.2, 0.25) is 5.91 Å². The fourth-order valence-corrected chi connectivity index (χ4v) is 3.99. The fourth-order valence-electron chi connectivity index (χ4n) is 3.17. The van der Waals surface area contributed by atoms with Crippen molar-refractivity contribution in [1.82, 2.24) is 19.1 Å². The van der Waals surface area contributed by atoms with Gasteiger partial charge in [-0.2, -0.15) is 0 Å². The van der Waals surface area contributed by atoms with Gasteiger partial charge in [-0.05, 0) is 18.6 Å². The summed E-state index contributed by atoms with van der Waals surface area (Å²) in [5.41, 5.74) is 0.0419. The number of methoxy groups -OCH3 is 1. The first-order valence-corrected chi connectivity index (χ1v) is 11.3. The zero-order valence-electron chi connectivity index (χ0n) is 18.8. The summed E-state index contributed by atoms with van der Waals surface area (Å²) in [5.74, 6) is 0.928. The second kappa shape index (κ2) is 9.99. The molecule has 2 heterocycles. The van der Waals surface area contributed by atoms with E-state index in [1.165, 1.54) is 11.6 Å². The van der Waals surface area contributed by atoms with Crippen molar-refractivity contribution in [2.75, 3.05) is 18.2 Å². The molecule has 0 unspecified atom stereocenters. The minimum atomic E-state index is -0.469. The zero-order chi connectivity index (χ0) is 23.4. The highest BCUT2D eigenvalue weighted by atomic mass is 32.2. The van der Waals surface area contributed by atoms with Crippen molar-refractivity contribution in [3.05, 3.63) is 50.9 Å². The summed E-state index contributed by atoms with van der Waals surface area (Å²) >= 11 is 1.15. The molecule has 170 valence electrons. The molecule has 10 heteroatoms. The number of rotatable bonds is 8. The first kappa shape index (κ1) is 23.5. The summed E-state index contributed by atoms with van der Waals surface area (Å²) in [7, 11) is 3.00. The molecule has 2 aromatic heterocycles. The standard InChI is InChI=1S/C22H27N5O4S/c1-6-10-27-19-17(21(29)26(4)22(27)30)20(25-18(24-19)13(2)3)32-12-16(28)23-14-8-7-9-15(11-14)31-5/h7-9,11,13H,6,10,12H2,1-5H3,(H,23,28). The number of anilines is 1. The molecule has 0 saturated heterocycles. The fraction of sp³-hybridized carbons (Fsp3) is 0.409. The van der Waals surface area contributed by atoms with Gasteiger partial charge in [-0.1, -0.05) is 38.6 Å². The summed E-state index contributed by atoms with van der Waals surface area (Å²) in [4.78, 5) is 47.3. The van der Waals surface area contributed by atoms with Gasteiger partial charge >= 0.3 is 5.69 Å². The normalized spacial score (nSPS) is 11.2. The highest BCUT2D eigenvalue weighted by Gasteiger charge is 2.20. The number of nitrogens with one attached hydrogen (secondary N) is 1. The molecule has 0 radical (unpaired) electrons. The maximum atomic E-state index is 13.0. The lowest BCUT2D eigenvalue weighted by atomic mass is 10.2. The van der Waals surface area contributed by atoms with E-state index < -0.39 is 11.2 Å². The van der Waals surface area contributed by atoms with Gasteiger partial charge in [0.05, 0.1) is 12.9 Å². The van der Waals surface area contributed by atoms with E-state index >= 15 is 0 Å². The van der Waals surface area contributed by atoms with Crippen LogP contribution in [0.2, 0.25) is 0 Å². The van der Waals surface area contributed by atoms with Gasteiger partial charge < -0.3 is 10.1 Å². The molecule has 9 nitrogen and oxygen atoms in total. The number of carbonyl (C=O) groups excluding carboxylic acids is 1. The molecule has 3 aromatic rings. The molecule has 0 bridgehead atoms. The predicted molar refractivity (Wildman–Crippen MR) is 126 cm³/mol. The highest BCUT2D eigenvalue weighted by molar-refractivity contribution is 8.00. The van der Waals surface area contributed by atoms with Gasteiger partial charge in [-0.15, -0.1) is 0 Å². The molecule has 0 aliphatic rings. The van der Waals surface area contributed by atoms with E-state index in [2.05, 4.69) is 15.3 Å². The molecule has 1 N–H and O–H groups in total. The van der Waals surface area contributed by atoms with Crippen LogP contribution in [0.3, 0.4) is 0 Å². The lowest BCUT2D eigenvalue weighted by molar-refractivity contribution is -0.113. The molecule has 1 aromatic carbocycles. The Balaban J connectivity index is 2.00. The van der Waals surface area contributed by atoms with Crippen molar-refractivity contribution in [3.8, 4) is 5.75 Å². The second-order valence-electron chi connectivity index (χ2n) is 7.61. The third-order valence-corrected chi connectivity index (χ3v) is 5.80. The molecule has 1 amide bonds. The molecule has 0 spiro atoms. The van der Waals surface area contributed by atoms with Crippen molar-refractivity contribution >= 4 is 34.4 Å². The summed E-state index contributed by atoms with van der Waals surface area (Å²) in [6.45, 7) is 6.26. The van der Waals surface area contributed by atoms with Crippen LogP contribution in [0.5, 0.6) is 5.75 Å². The van der Waals surface area contributed by atoms with Gasteiger partial charge in [0.1, 0.15) is 22.0 Å². The number of benzene rings is 1. The average Bonchev–Trinajstić information content (AvgIpc) is 2.78. The minimum Gasteiger partial charge on any atom is -0.497 e. The van der Waals surface area contributed by atoms with E-state index in [4.69, 9.17) is 4.74 Å². The van der Waals surface area contributed by atoms with Crippen LogP contribution in [0.15, 0.2) is 38.9 Å². The lowest BCUT2D eigenvalue weighted by Gasteiger charge is -2.15. The average molecular weight is 458 g/mol. The first-order valence-electron chi connectivity index (χ1n) is 10.3. The van der Waals surface area contributed by atoms with Gasteiger partial charge in [-0.25, -0.2) is 14.8 Å². The van der Waals surface area contributed by atoms with Crippen molar-refractivity contribution in [2.24, 2.45) is 7.05 Å². The number of thioether (sulfide) groups is 1. The number of aromatic nitrogens is 4. The van der Waals surface area contributed by atoms with E-state index in [0.717, 1.165) is 16.3 Å². The number of amides is 1. The predicted octanol–water partition coefficient (Wildman–Crippen LogP) is 2.76. The van der Waals surface area contributed by atoms with Crippen LogP contribution in [0.4, 0.5) is 5.69 Å². The molecular weight excluding hydrogens is 430 g/mol. The molecular formula is C22H27N5O4S. The molecule has 0 atom stereocenters. The van der Waals surface area contributed by atoms with Gasteiger partial charge in [-0.3, -0.25) is 18.7 Å². The highest BCUT2D eigenvalue weighted by Crippen LogP contribution is 2.25. The van der Waals surface area contributed by atoms with Crippen molar-refractivity contribution < 1.29 is 9.53 Å².